The topological polar surface area (TPSA) is 0 Å². The Morgan fingerprint density at radius 1 is 2.00 bits per heavy atom. The summed E-state index contributed by atoms with van der Waals surface area (Å²) in [6.07, 6.45) is 0. The average molecular weight is 82.1 g/mol. The average Bonchev–Trinajstić information content (AvgIpc) is 1.36. The van der Waals surface area contributed by atoms with Crippen LogP contribution in [0.1, 0.15) is 6.92 Å². The van der Waals surface area contributed by atoms with Gasteiger partial charge in [0.15, 0.2) is 0 Å². The molecule has 0 N–H and O–H groups in total. The first-order valence-electron chi connectivity index (χ1n) is 1.96. The minimum Gasteiger partial charge on any atom is -0.292 e. The van der Waals surface area contributed by atoms with Gasteiger partial charge in [-0.1, -0.05) is 12.2 Å². The maximum Gasteiger partial charge on any atom is 0.0373 e. The molecule has 6 heavy (non-hydrogen) atoms. The van der Waals surface area contributed by atoms with Crippen LogP contribution in [0.15, 0.2) is 12.2 Å². The largest absolute Gasteiger partial charge is 0.292 e. The fourth-order valence-electron chi connectivity index (χ4n) is 0. The molecule has 0 rings (SSSR count). The quantitative estimate of drug-likeness (QED) is 0.334. The van der Waals surface area contributed by atoms with Crippen molar-refractivity contribution >= 4 is 0 Å². The van der Waals surface area contributed by atoms with Crippen molar-refractivity contribution in [3.05, 3.63) is 26.0 Å². The molecular formula is C6H10. The lowest BCUT2D eigenvalue weighted by Gasteiger charge is -1.98. The molecule has 0 aliphatic rings. The monoisotopic (exact) mass is 82.1 g/mol. The molecule has 0 nitrogen and oxygen atoms in total. The molecule has 0 unspecified atom stereocenters. The zero-order valence-electron chi connectivity index (χ0n) is 4.20. The lowest BCUT2D eigenvalue weighted by Crippen LogP contribution is -1.84. The smallest absolute Gasteiger partial charge is 0.0373 e. The Hall–Kier alpha value is -0.390. The summed E-state index contributed by atoms with van der Waals surface area (Å²) in [7, 11) is 0. The summed E-state index contributed by atoms with van der Waals surface area (Å²) in [6, 6.07) is 0. The minimum absolute atomic E-state index is 0.157. The molecule has 0 amide bonds. The van der Waals surface area contributed by atoms with E-state index in [1.165, 1.54) is 0 Å². The van der Waals surface area contributed by atoms with Gasteiger partial charge in [-0.05, 0) is 12.8 Å². The third kappa shape index (κ3) is 1.89. The van der Waals surface area contributed by atoms with Crippen molar-refractivity contribution in [2.45, 2.75) is 6.92 Å². The molecule has 0 radical (unpaired) electrons. The van der Waals surface area contributed by atoms with E-state index in [4.69, 9.17) is 0 Å². The molecule has 0 atom stereocenters. The van der Waals surface area contributed by atoms with E-state index in [2.05, 4.69) is 20.4 Å². The van der Waals surface area contributed by atoms with Crippen LogP contribution < -0.4 is 0 Å². The molecule has 0 bridgehead atoms. The standard InChI is InChI=1S/C6H10/c1-5(2)6(3)4/h5H,1-3H2,4H3. The number of hydrogen-bond acceptors (Lipinski definition) is 0. The Bertz CT molecular complexity index is 51.1. The van der Waals surface area contributed by atoms with Crippen LogP contribution in [-0.2, 0) is 0 Å². The van der Waals surface area contributed by atoms with Gasteiger partial charge in [-0.3, -0.25) is 6.92 Å². The van der Waals surface area contributed by atoms with E-state index in [9.17, 15) is 0 Å². The van der Waals surface area contributed by atoms with Crippen LogP contribution in [-0.4, -0.2) is 0 Å². The van der Waals surface area contributed by atoms with E-state index in [0.29, 0.717) is 0 Å². The van der Waals surface area contributed by atoms with Gasteiger partial charge >= 0.3 is 0 Å². The van der Waals surface area contributed by atoms with Crippen molar-refractivity contribution < 1.29 is 0 Å². The third-order valence-corrected chi connectivity index (χ3v) is 0.697. The molecular weight excluding hydrogens is 72.1 g/mol. The van der Waals surface area contributed by atoms with E-state index < -0.39 is 0 Å². The van der Waals surface area contributed by atoms with Crippen molar-refractivity contribution in [1.29, 1.82) is 0 Å². The lowest BCUT2D eigenvalue weighted by atomic mass is 10.1. The maximum absolute atomic E-state index is 3.63. The Morgan fingerprint density at radius 2 is 2.17 bits per heavy atom. The van der Waals surface area contributed by atoms with Crippen LogP contribution in [0.4, 0.5) is 0 Å². The summed E-state index contributed by atoms with van der Waals surface area (Å²) in [4.78, 5) is 0. The highest BCUT2D eigenvalue weighted by Gasteiger charge is 1.87. The van der Waals surface area contributed by atoms with Gasteiger partial charge in [0.25, 0.3) is 0 Å². The van der Waals surface area contributed by atoms with Gasteiger partial charge in [-0.2, -0.15) is 0 Å². The van der Waals surface area contributed by atoms with Crippen molar-refractivity contribution in [3.8, 4) is 0 Å². The van der Waals surface area contributed by atoms with Gasteiger partial charge in [0.1, 0.15) is 0 Å². The minimum atomic E-state index is 0.157. The maximum atomic E-state index is 3.63. The fraction of sp³-hybridized carbons (Fsp3) is 0.333. The molecule has 0 fully saturated rings. The summed E-state index contributed by atoms with van der Waals surface area (Å²) in [5, 5.41) is 0. The van der Waals surface area contributed by atoms with Crippen molar-refractivity contribution in [2.75, 3.05) is 0 Å². The second kappa shape index (κ2) is 1.91. The van der Waals surface area contributed by atoms with Crippen molar-refractivity contribution in [2.24, 2.45) is 5.92 Å². The molecule has 0 heterocycles. The third-order valence-electron chi connectivity index (χ3n) is 0.697. The van der Waals surface area contributed by atoms with E-state index in [0.717, 1.165) is 5.57 Å². The fourth-order valence-corrected chi connectivity index (χ4v) is 0. The first kappa shape index (κ1) is 5.61. The summed E-state index contributed by atoms with van der Waals surface area (Å²) >= 11 is 0. The predicted molar refractivity (Wildman–Crippen MR) is 29.0 cm³/mol. The van der Waals surface area contributed by atoms with Crippen LogP contribution in [0, 0.1) is 19.8 Å². The zero-order valence-corrected chi connectivity index (χ0v) is 4.20. The molecule has 0 aromatic carbocycles. The number of rotatable bonds is 1. The van der Waals surface area contributed by atoms with E-state index >= 15 is 0 Å². The van der Waals surface area contributed by atoms with Crippen molar-refractivity contribution in [1.82, 2.24) is 0 Å². The van der Waals surface area contributed by atoms with Crippen LogP contribution in [0.3, 0.4) is 0 Å². The molecule has 0 heteroatoms. The molecule has 0 aliphatic heterocycles. The summed E-state index contributed by atoms with van der Waals surface area (Å²) < 4.78 is 0. The van der Waals surface area contributed by atoms with E-state index in [1.807, 2.05) is 6.92 Å². The summed E-state index contributed by atoms with van der Waals surface area (Å²) in [6.45, 7) is 12.8. The van der Waals surface area contributed by atoms with E-state index in [1.54, 1.807) is 0 Å². The molecule has 0 aliphatic carbocycles. The number of hydrogen-bond donors (Lipinski definition) is 0. The Kier molecular flexibility index (Phi) is 1.78. The predicted octanol–water partition coefficient (Wildman–Crippen LogP) is 1.85. The second-order valence-electron chi connectivity index (χ2n) is 1.54. The zero-order chi connectivity index (χ0) is 5.15. The molecule has 0 saturated heterocycles. The van der Waals surface area contributed by atoms with Gasteiger partial charge < -0.3 is 0 Å². The first-order valence-corrected chi connectivity index (χ1v) is 1.96. The highest BCUT2D eigenvalue weighted by Crippen LogP contribution is 2.01. The van der Waals surface area contributed by atoms with Gasteiger partial charge in [0, 0.05) is 6.92 Å². The molecule has 0 spiro atoms. The van der Waals surface area contributed by atoms with Gasteiger partial charge in [-0.25, -0.2) is 0 Å². The molecule has 34 valence electrons. The summed E-state index contributed by atoms with van der Waals surface area (Å²) in [5.41, 5.74) is 1.04. The summed E-state index contributed by atoms with van der Waals surface area (Å²) in [5.74, 6) is 0.157. The Balaban J connectivity index is 3.26. The van der Waals surface area contributed by atoms with Gasteiger partial charge in [-0.15, -0.1) is 0 Å². The normalized spacial score (nSPS) is 13.7. The highest BCUT2D eigenvalue weighted by molar-refractivity contribution is 4.98. The van der Waals surface area contributed by atoms with Crippen molar-refractivity contribution in [3.63, 3.8) is 0 Å². The van der Waals surface area contributed by atoms with Gasteiger partial charge in [0.2, 0.25) is 0 Å². The Morgan fingerprint density at radius 3 is 2.17 bits per heavy atom. The first-order chi connectivity index (χ1) is 2.64. The van der Waals surface area contributed by atoms with Crippen LogP contribution >= 0.6 is 0 Å². The van der Waals surface area contributed by atoms with Crippen LogP contribution in [0.5, 0.6) is 0 Å². The highest BCUT2D eigenvalue weighted by atomic mass is 13.9. The Labute approximate surface area is 39.9 Å². The second-order valence-corrected chi connectivity index (χ2v) is 1.54. The molecule has 0 saturated carbocycles. The molecule has 0 aromatic heterocycles. The number of allylic oxidation sites excluding steroid dienone is 1. The lowest BCUT2D eigenvalue weighted by molar-refractivity contribution is 0.967. The van der Waals surface area contributed by atoms with E-state index in [-0.39, 0.29) is 5.92 Å². The van der Waals surface area contributed by atoms with Gasteiger partial charge in [0.05, 0.1) is 0 Å². The molecule has 0 aromatic rings. The SMILES string of the molecule is C=C(C)C([CH2+])[CH2-]. The van der Waals surface area contributed by atoms with Crippen LogP contribution in [0.2, 0.25) is 0 Å². The van der Waals surface area contributed by atoms with Crippen LogP contribution in [0.25, 0.3) is 0 Å².